The molecule has 0 bridgehead atoms. The highest BCUT2D eigenvalue weighted by Gasteiger charge is 2.15. The van der Waals surface area contributed by atoms with Gasteiger partial charge in [0.15, 0.2) is 0 Å². The summed E-state index contributed by atoms with van der Waals surface area (Å²) in [4.78, 5) is 2.42. The van der Waals surface area contributed by atoms with E-state index in [1.807, 2.05) is 0 Å². The smallest absolute Gasteiger partial charge is 0.0351 e. The largest absolute Gasteiger partial charge is 0.314 e. The molecule has 2 nitrogen and oxygen atoms in total. The minimum atomic E-state index is 0. The van der Waals surface area contributed by atoms with Crippen LogP contribution in [0.3, 0.4) is 0 Å². The third-order valence-electron chi connectivity index (χ3n) is 2.01. The fourth-order valence-electron chi connectivity index (χ4n) is 1.32. The van der Waals surface area contributed by atoms with Crippen molar-refractivity contribution < 1.29 is 0 Å². The van der Waals surface area contributed by atoms with Gasteiger partial charge in [0, 0.05) is 38.1 Å². The van der Waals surface area contributed by atoms with Crippen molar-refractivity contribution in [1.82, 2.24) is 10.2 Å². The lowest BCUT2D eigenvalue weighted by Crippen LogP contribution is -2.50. The molecule has 0 aromatic rings. The van der Waals surface area contributed by atoms with E-state index in [1.165, 1.54) is 0 Å². The van der Waals surface area contributed by atoms with Gasteiger partial charge in [0.25, 0.3) is 0 Å². The second-order valence-corrected chi connectivity index (χ2v) is 3.16. The van der Waals surface area contributed by atoms with Gasteiger partial charge in [0.2, 0.25) is 0 Å². The molecular formula is C7H17Cl3N2. The molecule has 1 heterocycles. The number of nitrogens with zero attached hydrogens (tertiary/aromatic N) is 1. The van der Waals surface area contributed by atoms with Gasteiger partial charge in [0.05, 0.1) is 0 Å². The van der Waals surface area contributed by atoms with Crippen LogP contribution in [0.15, 0.2) is 0 Å². The first-order valence-electron chi connectivity index (χ1n) is 3.85. The fourth-order valence-corrected chi connectivity index (χ4v) is 1.54. The molecule has 0 radical (unpaired) electrons. The summed E-state index contributed by atoms with van der Waals surface area (Å²) >= 11 is 5.64. The summed E-state index contributed by atoms with van der Waals surface area (Å²) < 4.78 is 0. The second kappa shape index (κ2) is 8.39. The van der Waals surface area contributed by atoms with Gasteiger partial charge in [-0.05, 0) is 6.92 Å². The second-order valence-electron chi connectivity index (χ2n) is 2.78. The van der Waals surface area contributed by atoms with E-state index in [-0.39, 0.29) is 24.8 Å². The van der Waals surface area contributed by atoms with Crippen LogP contribution in [-0.4, -0.2) is 43.0 Å². The van der Waals surface area contributed by atoms with Gasteiger partial charge in [-0.2, -0.15) is 0 Å². The summed E-state index contributed by atoms with van der Waals surface area (Å²) in [6.07, 6.45) is 0. The van der Waals surface area contributed by atoms with E-state index >= 15 is 0 Å². The molecule has 1 aliphatic heterocycles. The Balaban J connectivity index is 0. The van der Waals surface area contributed by atoms with Crippen LogP contribution in [0.2, 0.25) is 0 Å². The number of rotatable bonds is 2. The predicted molar refractivity (Wildman–Crippen MR) is 59.1 cm³/mol. The zero-order chi connectivity index (χ0) is 7.40. The third-order valence-corrected chi connectivity index (χ3v) is 2.18. The summed E-state index contributed by atoms with van der Waals surface area (Å²) in [7, 11) is 0. The standard InChI is InChI=1S/C7H15ClN2.2ClH/c1-7-6-9-3-5-10(7)4-2-8;;/h7,9H,2-6H2,1H3;2*1H. The van der Waals surface area contributed by atoms with Crippen LogP contribution in [0.1, 0.15) is 6.92 Å². The van der Waals surface area contributed by atoms with Gasteiger partial charge < -0.3 is 5.32 Å². The molecule has 0 aromatic heterocycles. The Morgan fingerprint density at radius 3 is 2.67 bits per heavy atom. The number of nitrogens with one attached hydrogen (secondary N) is 1. The maximum absolute atomic E-state index is 5.64. The van der Waals surface area contributed by atoms with Gasteiger partial charge >= 0.3 is 0 Å². The molecule has 1 aliphatic rings. The summed E-state index contributed by atoms with van der Waals surface area (Å²) in [5, 5.41) is 3.34. The van der Waals surface area contributed by atoms with Gasteiger partial charge in [-0.15, -0.1) is 36.4 Å². The quantitative estimate of drug-likeness (QED) is 0.727. The zero-order valence-corrected chi connectivity index (χ0v) is 9.64. The molecule has 1 fully saturated rings. The average Bonchev–Trinajstić information content (AvgIpc) is 1.94. The SMILES string of the molecule is CC1CNCCN1CCCl.Cl.Cl. The van der Waals surface area contributed by atoms with E-state index < -0.39 is 0 Å². The molecule has 0 aliphatic carbocycles. The van der Waals surface area contributed by atoms with Crippen molar-refractivity contribution in [1.29, 1.82) is 0 Å². The lowest BCUT2D eigenvalue weighted by atomic mass is 10.2. The van der Waals surface area contributed by atoms with E-state index in [2.05, 4.69) is 17.1 Å². The van der Waals surface area contributed by atoms with Gasteiger partial charge in [0.1, 0.15) is 0 Å². The molecule has 1 atom stereocenters. The number of hydrogen-bond acceptors (Lipinski definition) is 2. The van der Waals surface area contributed by atoms with Crippen LogP contribution < -0.4 is 5.32 Å². The highest BCUT2D eigenvalue weighted by Crippen LogP contribution is 2.01. The molecule has 76 valence electrons. The molecule has 1 saturated heterocycles. The summed E-state index contributed by atoms with van der Waals surface area (Å²) in [6.45, 7) is 6.63. The van der Waals surface area contributed by atoms with Gasteiger partial charge in [-0.3, -0.25) is 4.90 Å². The summed E-state index contributed by atoms with van der Waals surface area (Å²) in [5.41, 5.74) is 0. The van der Waals surface area contributed by atoms with Crippen molar-refractivity contribution in [2.45, 2.75) is 13.0 Å². The Labute approximate surface area is 91.8 Å². The van der Waals surface area contributed by atoms with E-state index in [9.17, 15) is 0 Å². The molecule has 0 spiro atoms. The van der Waals surface area contributed by atoms with Crippen molar-refractivity contribution in [3.05, 3.63) is 0 Å². The van der Waals surface area contributed by atoms with Crippen molar-refractivity contribution in [2.75, 3.05) is 32.1 Å². The Morgan fingerprint density at radius 1 is 1.50 bits per heavy atom. The lowest BCUT2D eigenvalue weighted by Gasteiger charge is -2.33. The number of alkyl halides is 1. The predicted octanol–water partition coefficient (Wildman–Crippen LogP) is 1.36. The summed E-state index contributed by atoms with van der Waals surface area (Å²) in [5.74, 6) is 0.754. The first-order valence-corrected chi connectivity index (χ1v) is 4.39. The Morgan fingerprint density at radius 2 is 2.17 bits per heavy atom. The van der Waals surface area contributed by atoms with Crippen LogP contribution in [0.25, 0.3) is 0 Å². The lowest BCUT2D eigenvalue weighted by molar-refractivity contribution is 0.184. The highest BCUT2D eigenvalue weighted by atomic mass is 35.5. The average molecular weight is 236 g/mol. The van der Waals surface area contributed by atoms with Gasteiger partial charge in [-0.25, -0.2) is 0 Å². The minimum Gasteiger partial charge on any atom is -0.314 e. The molecular weight excluding hydrogens is 218 g/mol. The topological polar surface area (TPSA) is 15.3 Å². The van der Waals surface area contributed by atoms with Crippen LogP contribution in [0, 0.1) is 0 Å². The summed E-state index contributed by atoms with van der Waals surface area (Å²) in [6, 6.07) is 0.660. The Kier molecular flexibility index (Phi) is 10.7. The monoisotopic (exact) mass is 234 g/mol. The van der Waals surface area contributed by atoms with Crippen LogP contribution in [-0.2, 0) is 0 Å². The molecule has 1 rings (SSSR count). The fraction of sp³-hybridized carbons (Fsp3) is 1.00. The normalized spacial score (nSPS) is 24.0. The van der Waals surface area contributed by atoms with Gasteiger partial charge in [-0.1, -0.05) is 0 Å². The maximum Gasteiger partial charge on any atom is 0.0351 e. The van der Waals surface area contributed by atoms with Crippen molar-refractivity contribution in [3.8, 4) is 0 Å². The van der Waals surface area contributed by atoms with Crippen LogP contribution >= 0.6 is 36.4 Å². The van der Waals surface area contributed by atoms with Crippen LogP contribution in [0.4, 0.5) is 0 Å². The van der Waals surface area contributed by atoms with Crippen LogP contribution in [0.5, 0.6) is 0 Å². The molecule has 0 amide bonds. The maximum atomic E-state index is 5.64. The number of piperazine rings is 1. The molecule has 0 saturated carbocycles. The highest BCUT2D eigenvalue weighted by molar-refractivity contribution is 6.18. The third kappa shape index (κ3) is 4.73. The van der Waals surface area contributed by atoms with E-state index in [0.29, 0.717) is 6.04 Å². The zero-order valence-electron chi connectivity index (χ0n) is 7.25. The van der Waals surface area contributed by atoms with Crippen molar-refractivity contribution >= 4 is 36.4 Å². The van der Waals surface area contributed by atoms with Crippen molar-refractivity contribution in [3.63, 3.8) is 0 Å². The first kappa shape index (κ1) is 15.3. The molecule has 0 aromatic carbocycles. The Hall–Kier alpha value is 0.790. The number of hydrogen-bond donors (Lipinski definition) is 1. The molecule has 5 heteroatoms. The molecule has 12 heavy (non-hydrogen) atoms. The molecule has 1 unspecified atom stereocenters. The Bertz CT molecular complexity index is 101. The minimum absolute atomic E-state index is 0. The van der Waals surface area contributed by atoms with E-state index in [1.54, 1.807) is 0 Å². The van der Waals surface area contributed by atoms with E-state index in [4.69, 9.17) is 11.6 Å². The first-order chi connectivity index (χ1) is 4.84. The molecule has 1 N–H and O–H groups in total. The van der Waals surface area contributed by atoms with E-state index in [0.717, 1.165) is 32.1 Å². The van der Waals surface area contributed by atoms with Crippen molar-refractivity contribution in [2.24, 2.45) is 0 Å². The number of halogens is 3.